The Morgan fingerprint density at radius 1 is 1.43 bits per heavy atom. The van der Waals surface area contributed by atoms with Crippen LogP contribution >= 0.6 is 11.3 Å². The van der Waals surface area contributed by atoms with Crippen molar-refractivity contribution >= 4 is 33.3 Å². The molecule has 108 valence electrons. The van der Waals surface area contributed by atoms with Crippen LogP contribution in [-0.2, 0) is 7.05 Å². The lowest BCUT2D eigenvalue weighted by atomic mass is 10.2. The number of carbonyl (C=O) groups is 1. The molecule has 1 atom stereocenters. The number of anilines is 1. The lowest BCUT2D eigenvalue weighted by Crippen LogP contribution is -2.13. The highest BCUT2D eigenvalue weighted by atomic mass is 32.1. The van der Waals surface area contributed by atoms with Crippen molar-refractivity contribution in [3.05, 3.63) is 41.0 Å². The lowest BCUT2D eigenvalue weighted by Gasteiger charge is -2.00. The molecule has 0 aliphatic carbocycles. The van der Waals surface area contributed by atoms with E-state index in [2.05, 4.69) is 15.4 Å². The molecule has 0 saturated carbocycles. The minimum absolute atomic E-state index is 0.150. The van der Waals surface area contributed by atoms with Crippen molar-refractivity contribution in [3.63, 3.8) is 0 Å². The minimum Gasteiger partial charge on any atom is -0.323 e. The smallest absolute Gasteiger partial charge is 0.278 e. The Bertz CT molecular complexity index is 805. The topological polar surface area (TPSA) is 85.8 Å². The van der Waals surface area contributed by atoms with E-state index < -0.39 is 0 Å². The molecule has 2 aromatic heterocycles. The van der Waals surface area contributed by atoms with Crippen molar-refractivity contribution in [1.29, 1.82) is 0 Å². The number of hydrogen-bond donors (Lipinski definition) is 2. The molecule has 0 spiro atoms. The van der Waals surface area contributed by atoms with Gasteiger partial charge in [-0.3, -0.25) is 14.8 Å². The molecule has 0 saturated heterocycles. The number of nitrogens with one attached hydrogen (secondary N) is 1. The third kappa shape index (κ3) is 2.53. The zero-order valence-electron chi connectivity index (χ0n) is 11.7. The fraction of sp³-hybridized carbons (Fsp3) is 0.214. The molecule has 2 heterocycles. The zero-order valence-corrected chi connectivity index (χ0v) is 12.5. The number of benzene rings is 1. The second kappa shape index (κ2) is 5.27. The van der Waals surface area contributed by atoms with Crippen LogP contribution in [0.3, 0.4) is 0 Å². The van der Waals surface area contributed by atoms with E-state index in [9.17, 15) is 4.79 Å². The molecular weight excluding hydrogens is 286 g/mol. The average molecular weight is 301 g/mol. The number of para-hydroxylation sites is 1. The van der Waals surface area contributed by atoms with Crippen molar-refractivity contribution in [2.45, 2.75) is 13.0 Å². The van der Waals surface area contributed by atoms with Gasteiger partial charge in [-0.05, 0) is 13.0 Å². The quantitative estimate of drug-likeness (QED) is 0.777. The Labute approximate surface area is 125 Å². The first-order chi connectivity index (χ1) is 10.1. The van der Waals surface area contributed by atoms with E-state index in [1.54, 1.807) is 4.68 Å². The summed E-state index contributed by atoms with van der Waals surface area (Å²) >= 11 is 1.36. The summed E-state index contributed by atoms with van der Waals surface area (Å²) in [7, 11) is 1.82. The van der Waals surface area contributed by atoms with Crippen LogP contribution in [0.15, 0.2) is 29.6 Å². The van der Waals surface area contributed by atoms with E-state index >= 15 is 0 Å². The normalized spacial score (nSPS) is 12.5. The van der Waals surface area contributed by atoms with Crippen LogP contribution in [0.1, 0.15) is 29.1 Å². The Balaban J connectivity index is 1.90. The summed E-state index contributed by atoms with van der Waals surface area (Å²) in [6.07, 6.45) is 0. The number of nitrogens with zero attached hydrogens (tertiary/aromatic N) is 3. The zero-order chi connectivity index (χ0) is 15.0. The summed E-state index contributed by atoms with van der Waals surface area (Å²) in [5.74, 6) is -0.266. The third-order valence-electron chi connectivity index (χ3n) is 3.18. The van der Waals surface area contributed by atoms with Crippen LogP contribution in [-0.4, -0.2) is 20.7 Å². The SMILES string of the molecule is CC(N)c1csc(NC(=O)c2nn(C)c3ccccc23)n1. The molecule has 0 aliphatic heterocycles. The second-order valence-electron chi connectivity index (χ2n) is 4.81. The van der Waals surface area contributed by atoms with Gasteiger partial charge in [0.05, 0.1) is 11.2 Å². The van der Waals surface area contributed by atoms with Crippen LogP contribution < -0.4 is 11.1 Å². The summed E-state index contributed by atoms with van der Waals surface area (Å²) in [6, 6.07) is 7.46. The number of nitrogens with two attached hydrogens (primary N) is 1. The number of fused-ring (bicyclic) bond motifs is 1. The summed E-state index contributed by atoms with van der Waals surface area (Å²) in [6.45, 7) is 1.85. The second-order valence-corrected chi connectivity index (χ2v) is 5.67. The molecule has 0 aliphatic rings. The molecular formula is C14H15N5OS. The predicted molar refractivity (Wildman–Crippen MR) is 83.4 cm³/mol. The Hall–Kier alpha value is -2.25. The first kappa shape index (κ1) is 13.7. The number of hydrogen-bond acceptors (Lipinski definition) is 5. The summed E-state index contributed by atoms with van der Waals surface area (Å²) < 4.78 is 1.69. The molecule has 3 aromatic rings. The number of aromatic nitrogens is 3. The van der Waals surface area contributed by atoms with Gasteiger partial charge in [0.25, 0.3) is 5.91 Å². The van der Waals surface area contributed by atoms with Gasteiger partial charge in [-0.15, -0.1) is 11.3 Å². The van der Waals surface area contributed by atoms with Gasteiger partial charge < -0.3 is 5.73 Å². The predicted octanol–water partition coefficient (Wildman–Crippen LogP) is 2.30. The molecule has 1 unspecified atom stereocenters. The van der Waals surface area contributed by atoms with Crippen LogP contribution in [0.4, 0.5) is 5.13 Å². The molecule has 1 aromatic carbocycles. The first-order valence-corrected chi connectivity index (χ1v) is 7.38. The average Bonchev–Trinajstić information content (AvgIpc) is 3.05. The van der Waals surface area contributed by atoms with Gasteiger partial charge in [0.15, 0.2) is 10.8 Å². The van der Waals surface area contributed by atoms with Crippen molar-refractivity contribution in [1.82, 2.24) is 14.8 Å². The van der Waals surface area contributed by atoms with E-state index in [1.807, 2.05) is 43.6 Å². The standard InChI is InChI=1S/C14H15N5OS/c1-8(15)10-7-21-14(16-10)17-13(20)12-9-5-3-4-6-11(9)19(2)18-12/h3-8H,15H2,1-2H3,(H,16,17,20). The monoisotopic (exact) mass is 301 g/mol. The maximum Gasteiger partial charge on any atom is 0.278 e. The van der Waals surface area contributed by atoms with Crippen LogP contribution in [0.2, 0.25) is 0 Å². The number of amides is 1. The summed E-state index contributed by atoms with van der Waals surface area (Å²) in [5, 5.41) is 10.3. The van der Waals surface area contributed by atoms with Crippen LogP contribution in [0.5, 0.6) is 0 Å². The lowest BCUT2D eigenvalue weighted by molar-refractivity contribution is 0.102. The molecule has 1 amide bonds. The van der Waals surface area contributed by atoms with Crippen molar-refractivity contribution < 1.29 is 4.79 Å². The van der Waals surface area contributed by atoms with E-state index in [4.69, 9.17) is 5.73 Å². The molecule has 6 nitrogen and oxygen atoms in total. The fourth-order valence-corrected chi connectivity index (χ4v) is 2.90. The first-order valence-electron chi connectivity index (χ1n) is 6.50. The Kier molecular flexibility index (Phi) is 3.44. The third-order valence-corrected chi connectivity index (χ3v) is 3.96. The maximum atomic E-state index is 12.4. The van der Waals surface area contributed by atoms with Crippen LogP contribution in [0, 0.1) is 0 Å². The highest BCUT2D eigenvalue weighted by Gasteiger charge is 2.17. The van der Waals surface area contributed by atoms with Gasteiger partial charge >= 0.3 is 0 Å². The highest BCUT2D eigenvalue weighted by Crippen LogP contribution is 2.22. The van der Waals surface area contributed by atoms with Crippen LogP contribution in [0.25, 0.3) is 10.9 Å². The number of thiazole rings is 1. The summed E-state index contributed by atoms with van der Waals surface area (Å²) in [5.41, 5.74) is 7.84. The molecule has 0 bridgehead atoms. The molecule has 21 heavy (non-hydrogen) atoms. The van der Waals surface area contributed by atoms with Gasteiger partial charge in [0.1, 0.15) is 0 Å². The molecule has 0 fully saturated rings. The van der Waals surface area contributed by atoms with Gasteiger partial charge in [0, 0.05) is 23.9 Å². The van der Waals surface area contributed by atoms with Gasteiger partial charge in [-0.1, -0.05) is 18.2 Å². The fourth-order valence-electron chi connectivity index (χ4n) is 2.09. The molecule has 3 N–H and O–H groups in total. The van der Waals surface area contributed by atoms with Gasteiger partial charge in [0.2, 0.25) is 0 Å². The molecule has 3 rings (SSSR count). The Morgan fingerprint density at radius 3 is 2.90 bits per heavy atom. The number of aryl methyl sites for hydroxylation is 1. The van der Waals surface area contributed by atoms with E-state index in [0.717, 1.165) is 16.6 Å². The Morgan fingerprint density at radius 2 is 2.19 bits per heavy atom. The summed E-state index contributed by atoms with van der Waals surface area (Å²) in [4.78, 5) is 16.7. The van der Waals surface area contributed by atoms with Crippen molar-refractivity contribution in [2.24, 2.45) is 12.8 Å². The van der Waals surface area contributed by atoms with E-state index in [0.29, 0.717) is 10.8 Å². The number of carbonyl (C=O) groups excluding carboxylic acids is 1. The maximum absolute atomic E-state index is 12.4. The number of rotatable bonds is 3. The van der Waals surface area contributed by atoms with Gasteiger partial charge in [-0.25, -0.2) is 4.98 Å². The van der Waals surface area contributed by atoms with E-state index in [1.165, 1.54) is 11.3 Å². The largest absolute Gasteiger partial charge is 0.323 e. The highest BCUT2D eigenvalue weighted by molar-refractivity contribution is 7.14. The van der Waals surface area contributed by atoms with Crippen molar-refractivity contribution in [2.75, 3.05) is 5.32 Å². The van der Waals surface area contributed by atoms with Crippen molar-refractivity contribution in [3.8, 4) is 0 Å². The molecule has 0 radical (unpaired) electrons. The molecule has 7 heteroatoms. The van der Waals surface area contributed by atoms with Gasteiger partial charge in [-0.2, -0.15) is 5.10 Å². The van der Waals surface area contributed by atoms with E-state index in [-0.39, 0.29) is 11.9 Å². The minimum atomic E-state index is -0.266.